The number of aryl methyl sites for hydroxylation is 1. The van der Waals surface area contributed by atoms with Gasteiger partial charge in [0.05, 0.1) is 0 Å². The van der Waals surface area contributed by atoms with E-state index in [9.17, 15) is 0 Å². The minimum atomic E-state index is 0. The van der Waals surface area contributed by atoms with Crippen LogP contribution in [0, 0.1) is 25.7 Å². The first-order chi connectivity index (χ1) is 33.2. The SMILES string of the molecule is Cc1cc(-n2c3[c-]c(Oc4[c-]c(N5[CH-]N(c6c(-c7ccccc7)cccc6-c6ccccc6)c6ccccc65)ccc4)cc4c3c3c2cccc3n4-c2ccccc2)ncc1-c1ccccc1.[Pt]. The molecule has 3 aromatic heterocycles. The molecule has 9 aromatic carbocycles. The molecule has 0 unspecified atom stereocenters. The van der Waals surface area contributed by atoms with Crippen molar-refractivity contribution in [3.63, 3.8) is 0 Å². The molecule has 7 heteroatoms. The molecule has 0 saturated heterocycles. The minimum Gasteiger partial charge on any atom is -0.509 e. The van der Waals surface area contributed by atoms with Crippen molar-refractivity contribution in [2.24, 2.45) is 0 Å². The first-order valence-corrected chi connectivity index (χ1v) is 22.5. The molecular formula is C61H40N5OPt-3. The number of anilines is 4. The van der Waals surface area contributed by atoms with Crippen LogP contribution in [0.2, 0.25) is 0 Å². The van der Waals surface area contributed by atoms with E-state index < -0.39 is 0 Å². The summed E-state index contributed by atoms with van der Waals surface area (Å²) in [5.74, 6) is 1.98. The molecule has 328 valence electrons. The normalized spacial score (nSPS) is 12.2. The Kier molecular flexibility index (Phi) is 10.3. The molecule has 0 fully saturated rings. The van der Waals surface area contributed by atoms with Crippen molar-refractivity contribution in [2.75, 3.05) is 9.80 Å². The van der Waals surface area contributed by atoms with Crippen LogP contribution in [-0.4, -0.2) is 14.1 Å². The third-order valence-electron chi connectivity index (χ3n) is 13.0. The van der Waals surface area contributed by atoms with Crippen LogP contribution in [-0.2, 0) is 21.1 Å². The van der Waals surface area contributed by atoms with Gasteiger partial charge in [0.25, 0.3) is 0 Å². The molecule has 0 atom stereocenters. The number of ether oxygens (including phenoxy) is 1. The summed E-state index contributed by atoms with van der Waals surface area (Å²) >= 11 is 0. The number of hydrogen-bond acceptors (Lipinski definition) is 4. The molecule has 0 amide bonds. The Morgan fingerprint density at radius 2 is 1.03 bits per heavy atom. The Bertz CT molecular complexity index is 3720. The van der Waals surface area contributed by atoms with Gasteiger partial charge in [0, 0.05) is 89.2 Å². The maximum Gasteiger partial charge on any atom is 0.135 e. The number of fused-ring (bicyclic) bond motifs is 1. The summed E-state index contributed by atoms with van der Waals surface area (Å²) in [5.41, 5.74) is 17.2. The average molecular weight is 1050 g/mol. The van der Waals surface area contributed by atoms with Crippen LogP contribution in [0.1, 0.15) is 5.56 Å². The Morgan fingerprint density at radius 1 is 0.471 bits per heavy atom. The van der Waals surface area contributed by atoms with E-state index in [1.807, 2.05) is 24.4 Å². The summed E-state index contributed by atoms with van der Waals surface area (Å²) in [6, 6.07) is 81.6. The molecule has 0 bridgehead atoms. The molecule has 0 aliphatic carbocycles. The van der Waals surface area contributed by atoms with Gasteiger partial charge in [-0.15, -0.1) is 42.7 Å². The standard InChI is InChI=1S/C61H40N5O.Pt/c1-41-35-58(62-39-51(41)44-23-10-4-11-24-44)66-55-34-18-33-54-59(55)60-56(65(54)45-25-12-5-13-26-45)37-48(38-57(60)66)67-47-28-16-27-46(36-47)63-40-64(53-32-15-14-31-52(53)63)61-49(42-19-6-2-7-20-42)29-17-30-50(61)43-21-8-3-9-22-43;/h2-35,37,39-40H,1H3;/q-3;. The molecule has 4 heterocycles. The smallest absolute Gasteiger partial charge is 0.135 e. The van der Waals surface area contributed by atoms with E-state index in [2.05, 4.69) is 239 Å². The van der Waals surface area contributed by atoms with Crippen LogP contribution in [0.25, 0.3) is 77.7 Å². The summed E-state index contributed by atoms with van der Waals surface area (Å²) < 4.78 is 11.5. The average Bonchev–Trinajstić information content (AvgIpc) is 4.06. The van der Waals surface area contributed by atoms with Crippen LogP contribution in [0.4, 0.5) is 22.7 Å². The second kappa shape index (κ2) is 16.9. The van der Waals surface area contributed by atoms with Gasteiger partial charge in [-0.3, -0.25) is 0 Å². The van der Waals surface area contributed by atoms with Crippen molar-refractivity contribution < 1.29 is 25.8 Å². The zero-order chi connectivity index (χ0) is 44.4. The molecule has 0 spiro atoms. The molecule has 12 aromatic rings. The third-order valence-corrected chi connectivity index (χ3v) is 13.0. The number of hydrogen-bond donors (Lipinski definition) is 0. The Labute approximate surface area is 409 Å². The van der Waals surface area contributed by atoms with E-state index in [1.165, 1.54) is 0 Å². The van der Waals surface area contributed by atoms with Crippen LogP contribution >= 0.6 is 0 Å². The molecule has 0 saturated carbocycles. The molecule has 0 radical (unpaired) electrons. The van der Waals surface area contributed by atoms with Gasteiger partial charge in [-0.25, -0.2) is 4.98 Å². The quantitative estimate of drug-likeness (QED) is 0.135. The van der Waals surface area contributed by atoms with Crippen molar-refractivity contribution in [3.05, 3.63) is 243 Å². The molecule has 68 heavy (non-hydrogen) atoms. The Morgan fingerprint density at radius 3 is 1.68 bits per heavy atom. The molecular weight excluding hydrogens is 1010 g/mol. The van der Waals surface area contributed by atoms with Crippen molar-refractivity contribution in [1.82, 2.24) is 14.1 Å². The van der Waals surface area contributed by atoms with E-state index in [1.54, 1.807) is 0 Å². The molecule has 1 aliphatic rings. The number of rotatable bonds is 9. The Balaban J connectivity index is 0.00000480. The second-order valence-corrected chi connectivity index (χ2v) is 16.9. The van der Waals surface area contributed by atoms with Crippen molar-refractivity contribution in [1.29, 1.82) is 0 Å². The van der Waals surface area contributed by atoms with E-state index in [-0.39, 0.29) is 21.1 Å². The van der Waals surface area contributed by atoms with Gasteiger partial charge in [-0.05, 0) is 82.5 Å². The fourth-order valence-electron chi connectivity index (χ4n) is 10.0. The van der Waals surface area contributed by atoms with E-state index in [0.29, 0.717) is 11.5 Å². The predicted octanol–water partition coefficient (Wildman–Crippen LogP) is 15.7. The summed E-state index contributed by atoms with van der Waals surface area (Å²) in [4.78, 5) is 9.64. The largest absolute Gasteiger partial charge is 0.509 e. The van der Waals surface area contributed by atoms with Crippen LogP contribution < -0.4 is 14.5 Å². The number of benzene rings is 9. The number of aromatic nitrogens is 3. The first kappa shape index (κ1) is 41.3. The zero-order valence-electron chi connectivity index (χ0n) is 36.8. The molecule has 13 rings (SSSR count). The third kappa shape index (κ3) is 6.79. The molecule has 6 nitrogen and oxygen atoms in total. The fraction of sp³-hybridized carbons (Fsp3) is 0.0164. The van der Waals surface area contributed by atoms with E-state index in [0.717, 1.165) is 106 Å². The van der Waals surface area contributed by atoms with Gasteiger partial charge < -0.3 is 23.7 Å². The zero-order valence-corrected chi connectivity index (χ0v) is 39.1. The van der Waals surface area contributed by atoms with Crippen LogP contribution in [0.15, 0.2) is 219 Å². The van der Waals surface area contributed by atoms with Gasteiger partial charge in [0.15, 0.2) is 0 Å². The van der Waals surface area contributed by atoms with Crippen LogP contribution in [0.3, 0.4) is 0 Å². The van der Waals surface area contributed by atoms with Gasteiger partial charge in [-0.1, -0.05) is 156 Å². The van der Waals surface area contributed by atoms with Crippen molar-refractivity contribution in [2.45, 2.75) is 6.92 Å². The minimum absolute atomic E-state index is 0. The van der Waals surface area contributed by atoms with E-state index >= 15 is 0 Å². The summed E-state index contributed by atoms with van der Waals surface area (Å²) in [6.07, 6.45) is 1.99. The molecule has 1 aliphatic heterocycles. The molecule has 0 N–H and O–H groups in total. The summed E-state index contributed by atoms with van der Waals surface area (Å²) in [5, 5.41) is 2.27. The Hall–Kier alpha value is -8.18. The van der Waals surface area contributed by atoms with Crippen LogP contribution in [0.5, 0.6) is 11.5 Å². The maximum absolute atomic E-state index is 6.91. The van der Waals surface area contributed by atoms with Crippen molar-refractivity contribution >= 4 is 55.6 Å². The first-order valence-electron chi connectivity index (χ1n) is 22.5. The van der Waals surface area contributed by atoms with Gasteiger partial charge in [-0.2, -0.15) is 6.07 Å². The summed E-state index contributed by atoms with van der Waals surface area (Å²) in [7, 11) is 0. The monoisotopic (exact) mass is 1050 g/mol. The van der Waals surface area contributed by atoms with Gasteiger partial charge >= 0.3 is 0 Å². The maximum atomic E-state index is 6.91. The fourth-order valence-corrected chi connectivity index (χ4v) is 10.0. The van der Waals surface area contributed by atoms with Gasteiger partial charge in [0.2, 0.25) is 0 Å². The summed E-state index contributed by atoms with van der Waals surface area (Å²) in [6.45, 7) is 4.33. The van der Waals surface area contributed by atoms with E-state index in [4.69, 9.17) is 9.72 Å². The second-order valence-electron chi connectivity index (χ2n) is 16.9. The number of para-hydroxylation sites is 4. The number of pyridine rings is 1. The number of nitrogens with zero attached hydrogens (tertiary/aromatic N) is 5. The topological polar surface area (TPSA) is 38.5 Å². The van der Waals surface area contributed by atoms with Gasteiger partial charge in [0.1, 0.15) is 5.82 Å². The predicted molar refractivity (Wildman–Crippen MR) is 273 cm³/mol. The van der Waals surface area contributed by atoms with Crippen molar-refractivity contribution in [3.8, 4) is 56.4 Å².